The van der Waals surface area contributed by atoms with Gasteiger partial charge in [0.05, 0.1) is 26.4 Å². The van der Waals surface area contributed by atoms with Gasteiger partial charge in [-0.1, -0.05) is 88.5 Å². The first-order chi connectivity index (χ1) is 17.6. The maximum absolute atomic E-state index is 8.20. The minimum atomic E-state index is -2.33. The van der Waals surface area contributed by atoms with E-state index in [2.05, 4.69) is 67.7 Å². The lowest BCUT2D eigenvalue weighted by molar-refractivity contribution is -0.256. The molecule has 0 aliphatic carbocycles. The molecule has 1 aromatic rings. The molecule has 7 nitrogen and oxygen atoms in total. The Kier molecular flexibility index (Phi) is 11.5. The van der Waals surface area contributed by atoms with Gasteiger partial charge in [0, 0.05) is 0 Å². The number of halogens is 3. The summed E-state index contributed by atoms with van der Waals surface area (Å²) in [4.78, 5) is 0. The highest BCUT2D eigenvalue weighted by Gasteiger charge is 2.52. The molecule has 0 aromatic heterocycles. The molecule has 1 heterocycles. The van der Waals surface area contributed by atoms with Crippen molar-refractivity contribution in [3.63, 3.8) is 0 Å². The fourth-order valence-corrected chi connectivity index (χ4v) is 6.20. The van der Waals surface area contributed by atoms with Gasteiger partial charge in [-0.2, -0.15) is 0 Å². The Hall–Kier alpha value is -0.366. The van der Waals surface area contributed by atoms with E-state index < -0.39 is 50.9 Å². The fourth-order valence-electron chi connectivity index (χ4n) is 3.43. The van der Waals surface area contributed by atoms with Crippen molar-refractivity contribution in [2.45, 2.75) is 113 Å². The number of ether oxygens (including phenoxy) is 4. The Morgan fingerprint density at radius 2 is 1.41 bits per heavy atom. The zero-order chi connectivity index (χ0) is 30.0. The molecule has 0 amide bonds. The molecule has 12 heteroatoms. The second-order valence-electron chi connectivity index (χ2n) is 13.0. The summed E-state index contributed by atoms with van der Waals surface area (Å²) >= 11 is 17.9. The Balaban J connectivity index is 2.50. The summed E-state index contributed by atoms with van der Waals surface area (Å²) in [5.74, 6) is 0.199. The van der Waals surface area contributed by atoms with Crippen LogP contribution in [-0.2, 0) is 29.7 Å². The first-order valence-corrected chi connectivity index (χ1v) is 20.1. The zero-order valence-corrected chi connectivity index (χ0v) is 29.4. The molecule has 0 unspecified atom stereocenters. The molecule has 1 N–H and O–H groups in total. The van der Waals surface area contributed by atoms with Gasteiger partial charge in [-0.3, -0.25) is 5.41 Å². The highest BCUT2D eigenvalue weighted by atomic mass is 35.6. The SMILES string of the molecule is COc1ccc(CO[C@@H]2[C@H](OC(=N)C(Cl)(Cl)Cl)OC[C@@H](O[Si](C)(C)C(C)(C)C)[C@H]2O[Si](C)(C)C(C)(C)C)cc1. The Labute approximate surface area is 251 Å². The van der Waals surface area contributed by atoms with E-state index in [1.54, 1.807) is 7.11 Å². The minimum absolute atomic E-state index is 0.0288. The van der Waals surface area contributed by atoms with Gasteiger partial charge in [0.2, 0.25) is 12.2 Å². The summed E-state index contributed by atoms with van der Waals surface area (Å²) < 4.78 is 35.5. The van der Waals surface area contributed by atoms with E-state index in [1.165, 1.54) is 0 Å². The molecule has 4 atom stereocenters. The molecule has 1 aliphatic rings. The van der Waals surface area contributed by atoms with Crippen LogP contribution in [0.5, 0.6) is 5.75 Å². The third-order valence-corrected chi connectivity index (χ3v) is 17.5. The number of hydrogen-bond donors (Lipinski definition) is 1. The van der Waals surface area contributed by atoms with Crippen LogP contribution in [0.1, 0.15) is 47.1 Å². The normalized spacial score (nSPS) is 23.4. The molecule has 0 saturated carbocycles. The van der Waals surface area contributed by atoms with Gasteiger partial charge >= 0.3 is 0 Å². The van der Waals surface area contributed by atoms with Crippen LogP contribution in [0, 0.1) is 5.41 Å². The van der Waals surface area contributed by atoms with E-state index in [9.17, 15) is 0 Å². The second kappa shape index (κ2) is 12.9. The van der Waals surface area contributed by atoms with E-state index in [-0.39, 0.29) is 23.3 Å². The first kappa shape index (κ1) is 34.8. The van der Waals surface area contributed by atoms with Gasteiger partial charge < -0.3 is 27.8 Å². The van der Waals surface area contributed by atoms with Gasteiger partial charge in [-0.05, 0) is 54.0 Å². The van der Waals surface area contributed by atoms with Crippen molar-refractivity contribution >= 4 is 57.3 Å². The average molecular weight is 643 g/mol. The molecule has 0 radical (unpaired) electrons. The topological polar surface area (TPSA) is 79.2 Å². The van der Waals surface area contributed by atoms with Gasteiger partial charge in [0.25, 0.3) is 3.79 Å². The Bertz CT molecular complexity index is 958. The zero-order valence-electron chi connectivity index (χ0n) is 25.1. The summed E-state index contributed by atoms with van der Waals surface area (Å²) in [6, 6.07) is 7.59. The predicted molar refractivity (Wildman–Crippen MR) is 165 cm³/mol. The molecule has 1 saturated heterocycles. The highest BCUT2D eigenvalue weighted by Crippen LogP contribution is 2.43. The smallest absolute Gasteiger partial charge is 0.265 e. The van der Waals surface area contributed by atoms with Crippen LogP contribution in [0.3, 0.4) is 0 Å². The van der Waals surface area contributed by atoms with E-state index in [1.807, 2.05) is 24.3 Å². The third-order valence-electron chi connectivity index (χ3n) is 7.97. The van der Waals surface area contributed by atoms with E-state index in [0.29, 0.717) is 0 Å². The van der Waals surface area contributed by atoms with Gasteiger partial charge in [0.1, 0.15) is 18.0 Å². The van der Waals surface area contributed by atoms with Gasteiger partial charge in [-0.25, -0.2) is 0 Å². The number of hydrogen-bond acceptors (Lipinski definition) is 7. The summed E-state index contributed by atoms with van der Waals surface area (Å²) in [6.07, 6.45) is -2.76. The third kappa shape index (κ3) is 9.31. The fraction of sp³-hybridized carbons (Fsp3) is 0.741. The number of nitrogens with one attached hydrogen (secondary N) is 1. The van der Waals surface area contributed by atoms with Crippen molar-refractivity contribution in [3.05, 3.63) is 29.8 Å². The second-order valence-corrected chi connectivity index (χ2v) is 24.8. The quantitative estimate of drug-likeness (QED) is 0.127. The predicted octanol–water partition coefficient (Wildman–Crippen LogP) is 8.08. The summed E-state index contributed by atoms with van der Waals surface area (Å²) in [6.45, 7) is 22.3. The lowest BCUT2D eigenvalue weighted by atomic mass is 10.1. The molecule has 224 valence electrons. The van der Waals surface area contributed by atoms with Crippen molar-refractivity contribution < 1.29 is 27.8 Å². The van der Waals surface area contributed by atoms with Crippen molar-refractivity contribution in [1.82, 2.24) is 0 Å². The number of methoxy groups -OCH3 is 1. The lowest BCUT2D eigenvalue weighted by Crippen LogP contribution is -2.63. The molecule has 2 rings (SSSR count). The Morgan fingerprint density at radius 3 is 1.87 bits per heavy atom. The van der Waals surface area contributed by atoms with E-state index in [0.717, 1.165) is 11.3 Å². The van der Waals surface area contributed by atoms with Gasteiger partial charge in [-0.15, -0.1) is 0 Å². The van der Waals surface area contributed by atoms with Crippen LogP contribution in [0.15, 0.2) is 24.3 Å². The molecule has 1 aliphatic heterocycles. The monoisotopic (exact) mass is 641 g/mol. The molecule has 1 fully saturated rings. The summed E-state index contributed by atoms with van der Waals surface area (Å²) in [5, 5.41) is 8.10. The van der Waals surface area contributed by atoms with E-state index >= 15 is 0 Å². The van der Waals surface area contributed by atoms with Crippen molar-refractivity contribution in [3.8, 4) is 5.75 Å². The van der Waals surface area contributed by atoms with E-state index in [4.69, 9.17) is 68.0 Å². The largest absolute Gasteiger partial charge is 0.497 e. The minimum Gasteiger partial charge on any atom is -0.497 e. The molecular formula is C27H46Cl3NO6Si2. The van der Waals surface area contributed by atoms with Crippen LogP contribution in [0.2, 0.25) is 36.3 Å². The maximum Gasteiger partial charge on any atom is 0.265 e. The van der Waals surface area contributed by atoms with Crippen molar-refractivity contribution in [2.75, 3.05) is 13.7 Å². The standard InChI is InChI=1S/C27H46Cl3NO6Si2/c1-25(2,3)38(8,9)36-20-17-34-23(35-24(31)27(28,29)30)22(21(20)37-39(10,11)26(4,5)6)33-16-18-12-14-19(32-7)15-13-18/h12-15,20-23,31H,16-17H2,1-11H3/t20-,21-,22+,23+/m1/s1. The van der Waals surface area contributed by atoms with Crippen LogP contribution in [0.25, 0.3) is 0 Å². The Morgan fingerprint density at radius 1 is 0.897 bits per heavy atom. The molecular weight excluding hydrogens is 597 g/mol. The molecule has 0 bridgehead atoms. The first-order valence-electron chi connectivity index (χ1n) is 13.1. The van der Waals surface area contributed by atoms with Crippen LogP contribution < -0.4 is 4.74 Å². The van der Waals surface area contributed by atoms with Crippen molar-refractivity contribution in [1.29, 1.82) is 5.41 Å². The van der Waals surface area contributed by atoms with Crippen LogP contribution in [-0.4, -0.2) is 64.6 Å². The number of alkyl halides is 3. The maximum atomic E-state index is 8.20. The molecule has 1 aromatic carbocycles. The van der Waals surface area contributed by atoms with Gasteiger partial charge in [0.15, 0.2) is 16.6 Å². The highest BCUT2D eigenvalue weighted by molar-refractivity contribution is 6.76. The van der Waals surface area contributed by atoms with Crippen molar-refractivity contribution in [2.24, 2.45) is 0 Å². The van der Waals surface area contributed by atoms with Crippen LogP contribution in [0.4, 0.5) is 0 Å². The number of benzene rings is 1. The summed E-state index contributed by atoms with van der Waals surface area (Å²) in [7, 11) is -2.93. The summed E-state index contributed by atoms with van der Waals surface area (Å²) in [5.41, 5.74) is 0.921. The molecule has 39 heavy (non-hydrogen) atoms. The number of rotatable bonds is 9. The van der Waals surface area contributed by atoms with Crippen LogP contribution >= 0.6 is 34.8 Å². The average Bonchev–Trinajstić information content (AvgIpc) is 2.78. The molecule has 0 spiro atoms. The lowest BCUT2D eigenvalue weighted by Gasteiger charge is -2.50.